The molecule has 0 fully saturated rings. The molecule has 0 aliphatic rings. The second-order valence-corrected chi connectivity index (χ2v) is 4.76. The number of rotatable bonds is 2. The molecule has 2 aromatic carbocycles. The molecule has 0 saturated carbocycles. The van der Waals surface area contributed by atoms with Crippen molar-refractivity contribution in [3.05, 3.63) is 59.5 Å². The van der Waals surface area contributed by atoms with Crippen molar-refractivity contribution in [3.63, 3.8) is 0 Å². The summed E-state index contributed by atoms with van der Waals surface area (Å²) in [7, 11) is 1.62. The molecule has 0 atom stereocenters. The molecule has 0 amide bonds. The lowest BCUT2D eigenvalue weighted by atomic mass is 10.1. The first-order valence-corrected chi connectivity index (χ1v) is 6.45. The minimum Gasteiger partial charge on any atom is -0.497 e. The van der Waals surface area contributed by atoms with E-state index in [2.05, 4.69) is 4.98 Å². The average Bonchev–Trinajstić information content (AvgIpc) is 2.48. The maximum absolute atomic E-state index is 13.2. The molecule has 3 aromatic rings. The van der Waals surface area contributed by atoms with Crippen molar-refractivity contribution in [1.29, 1.82) is 0 Å². The van der Waals surface area contributed by atoms with Crippen LogP contribution in [0, 0.1) is 5.82 Å². The average molecular weight is 288 g/mol. The molecule has 0 bridgehead atoms. The van der Waals surface area contributed by atoms with Crippen LogP contribution in [0.1, 0.15) is 0 Å². The predicted molar refractivity (Wildman–Crippen MR) is 78.7 cm³/mol. The van der Waals surface area contributed by atoms with Crippen LogP contribution >= 0.6 is 11.6 Å². The fourth-order valence-electron chi connectivity index (χ4n) is 2.11. The number of fused-ring (bicyclic) bond motifs is 1. The molecule has 0 spiro atoms. The predicted octanol–water partition coefficient (Wildman–Crippen LogP) is 4.70. The summed E-state index contributed by atoms with van der Waals surface area (Å²) < 4.78 is 18.3. The van der Waals surface area contributed by atoms with Crippen LogP contribution in [-0.4, -0.2) is 12.1 Å². The first-order valence-electron chi connectivity index (χ1n) is 6.07. The highest BCUT2D eigenvalue weighted by atomic mass is 35.5. The van der Waals surface area contributed by atoms with E-state index in [1.165, 1.54) is 12.1 Å². The maximum Gasteiger partial charge on any atom is 0.123 e. The van der Waals surface area contributed by atoms with Gasteiger partial charge in [0.1, 0.15) is 11.6 Å². The number of pyridine rings is 1. The molecular weight excluding hydrogens is 277 g/mol. The van der Waals surface area contributed by atoms with Gasteiger partial charge in [0, 0.05) is 22.5 Å². The SMILES string of the molecule is COc1ccc(-c2ncc3cc(F)ccc3c2Cl)cc1. The van der Waals surface area contributed by atoms with Crippen molar-refractivity contribution in [2.24, 2.45) is 0 Å². The summed E-state index contributed by atoms with van der Waals surface area (Å²) in [6, 6.07) is 12.0. The molecule has 3 rings (SSSR count). The summed E-state index contributed by atoms with van der Waals surface area (Å²) in [6.07, 6.45) is 1.63. The van der Waals surface area contributed by atoms with Gasteiger partial charge in [-0.15, -0.1) is 0 Å². The maximum atomic E-state index is 13.2. The van der Waals surface area contributed by atoms with Gasteiger partial charge < -0.3 is 4.74 Å². The van der Waals surface area contributed by atoms with Gasteiger partial charge in [-0.25, -0.2) is 4.39 Å². The number of methoxy groups -OCH3 is 1. The zero-order chi connectivity index (χ0) is 14.1. The zero-order valence-corrected chi connectivity index (χ0v) is 11.5. The minimum atomic E-state index is -0.299. The third kappa shape index (κ3) is 2.21. The molecule has 100 valence electrons. The number of hydrogen-bond acceptors (Lipinski definition) is 2. The van der Waals surface area contributed by atoms with Crippen molar-refractivity contribution in [2.45, 2.75) is 0 Å². The standard InChI is InChI=1S/C16H11ClFNO/c1-20-13-5-2-10(3-6-13)16-15(17)14-7-4-12(18)8-11(14)9-19-16/h2-9H,1H3. The Morgan fingerprint density at radius 3 is 2.55 bits per heavy atom. The summed E-state index contributed by atoms with van der Waals surface area (Å²) in [5.41, 5.74) is 1.57. The van der Waals surface area contributed by atoms with Crippen molar-refractivity contribution in [1.82, 2.24) is 4.98 Å². The number of aromatic nitrogens is 1. The van der Waals surface area contributed by atoms with E-state index in [0.717, 1.165) is 16.7 Å². The molecule has 0 saturated heterocycles. The number of halogens is 2. The summed E-state index contributed by atoms with van der Waals surface area (Å²) in [6.45, 7) is 0. The second kappa shape index (κ2) is 5.10. The van der Waals surface area contributed by atoms with Crippen LogP contribution in [0.25, 0.3) is 22.0 Å². The Kier molecular flexibility index (Phi) is 3.28. The third-order valence-electron chi connectivity index (χ3n) is 3.15. The smallest absolute Gasteiger partial charge is 0.123 e. The molecule has 4 heteroatoms. The van der Waals surface area contributed by atoms with E-state index < -0.39 is 0 Å². The Hall–Kier alpha value is -2.13. The Labute approximate surface area is 120 Å². The topological polar surface area (TPSA) is 22.1 Å². The van der Waals surface area contributed by atoms with Crippen molar-refractivity contribution >= 4 is 22.4 Å². The van der Waals surface area contributed by atoms with Gasteiger partial charge >= 0.3 is 0 Å². The lowest BCUT2D eigenvalue weighted by Gasteiger charge is -2.08. The number of nitrogens with zero attached hydrogens (tertiary/aromatic N) is 1. The second-order valence-electron chi connectivity index (χ2n) is 4.38. The molecule has 0 unspecified atom stereocenters. The summed E-state index contributed by atoms with van der Waals surface area (Å²) in [5, 5.41) is 1.99. The molecule has 20 heavy (non-hydrogen) atoms. The molecule has 1 aromatic heterocycles. The van der Waals surface area contributed by atoms with Gasteiger partial charge in [-0.3, -0.25) is 4.98 Å². The molecule has 0 N–H and O–H groups in total. The molecule has 1 heterocycles. The number of ether oxygens (including phenoxy) is 1. The van der Waals surface area contributed by atoms with E-state index in [1.54, 1.807) is 19.4 Å². The summed E-state index contributed by atoms with van der Waals surface area (Å²) >= 11 is 6.39. The van der Waals surface area contributed by atoms with Crippen LogP contribution in [0.15, 0.2) is 48.7 Å². The molecule has 0 aliphatic heterocycles. The molecule has 2 nitrogen and oxygen atoms in total. The van der Waals surface area contributed by atoms with Crippen LogP contribution in [0.2, 0.25) is 5.02 Å². The summed E-state index contributed by atoms with van der Waals surface area (Å²) in [5.74, 6) is 0.472. The highest BCUT2D eigenvalue weighted by Gasteiger charge is 2.10. The lowest BCUT2D eigenvalue weighted by Crippen LogP contribution is -1.88. The lowest BCUT2D eigenvalue weighted by molar-refractivity contribution is 0.415. The van der Waals surface area contributed by atoms with E-state index >= 15 is 0 Å². The van der Waals surface area contributed by atoms with Crippen molar-refractivity contribution in [2.75, 3.05) is 7.11 Å². The first kappa shape index (κ1) is 12.9. The van der Waals surface area contributed by atoms with Gasteiger partial charge in [0.2, 0.25) is 0 Å². The largest absolute Gasteiger partial charge is 0.497 e. The van der Waals surface area contributed by atoms with Gasteiger partial charge in [-0.05, 0) is 42.5 Å². The van der Waals surface area contributed by atoms with Gasteiger partial charge in [-0.2, -0.15) is 0 Å². The van der Waals surface area contributed by atoms with Crippen LogP contribution in [-0.2, 0) is 0 Å². The monoisotopic (exact) mass is 287 g/mol. The zero-order valence-electron chi connectivity index (χ0n) is 10.7. The fraction of sp³-hybridized carbons (Fsp3) is 0.0625. The first-order chi connectivity index (χ1) is 9.69. The Morgan fingerprint density at radius 1 is 1.10 bits per heavy atom. The van der Waals surface area contributed by atoms with Gasteiger partial charge in [0.05, 0.1) is 17.8 Å². The third-order valence-corrected chi connectivity index (χ3v) is 3.54. The Bertz CT molecular complexity index is 771. The van der Waals surface area contributed by atoms with Crippen molar-refractivity contribution in [3.8, 4) is 17.0 Å². The Morgan fingerprint density at radius 2 is 1.85 bits per heavy atom. The van der Waals surface area contributed by atoms with Gasteiger partial charge in [0.25, 0.3) is 0 Å². The van der Waals surface area contributed by atoms with E-state index in [1.807, 2.05) is 24.3 Å². The number of hydrogen-bond donors (Lipinski definition) is 0. The normalized spacial score (nSPS) is 10.8. The highest BCUT2D eigenvalue weighted by molar-refractivity contribution is 6.37. The fourth-order valence-corrected chi connectivity index (χ4v) is 2.44. The van der Waals surface area contributed by atoms with Crippen LogP contribution in [0.4, 0.5) is 4.39 Å². The molecule has 0 aliphatic carbocycles. The highest BCUT2D eigenvalue weighted by Crippen LogP contribution is 2.33. The molecule has 0 radical (unpaired) electrons. The quantitative estimate of drug-likeness (QED) is 0.681. The van der Waals surface area contributed by atoms with Crippen LogP contribution in [0.3, 0.4) is 0 Å². The van der Waals surface area contributed by atoms with E-state index in [9.17, 15) is 4.39 Å². The van der Waals surface area contributed by atoms with E-state index in [0.29, 0.717) is 16.1 Å². The summed E-state index contributed by atoms with van der Waals surface area (Å²) in [4.78, 5) is 4.33. The Balaban J connectivity index is 2.16. The van der Waals surface area contributed by atoms with Gasteiger partial charge in [0.15, 0.2) is 0 Å². The van der Waals surface area contributed by atoms with Crippen molar-refractivity contribution < 1.29 is 9.13 Å². The molecular formula is C16H11ClFNO. The van der Waals surface area contributed by atoms with Gasteiger partial charge in [-0.1, -0.05) is 11.6 Å². The number of benzene rings is 2. The minimum absolute atomic E-state index is 0.299. The van der Waals surface area contributed by atoms with E-state index in [4.69, 9.17) is 16.3 Å². The van der Waals surface area contributed by atoms with Crippen LogP contribution in [0.5, 0.6) is 5.75 Å². The van der Waals surface area contributed by atoms with E-state index in [-0.39, 0.29) is 5.82 Å². The van der Waals surface area contributed by atoms with Crippen LogP contribution < -0.4 is 4.74 Å².